The number of nitrogen functional groups attached to an aromatic ring is 1. The summed E-state index contributed by atoms with van der Waals surface area (Å²) in [6, 6.07) is 0. The number of halogens is 2. The first kappa shape index (κ1) is 12.7. The van der Waals surface area contributed by atoms with E-state index in [0.29, 0.717) is 0 Å². The molecule has 8 nitrogen and oxygen atoms in total. The van der Waals surface area contributed by atoms with Gasteiger partial charge in [-0.2, -0.15) is 14.4 Å². The van der Waals surface area contributed by atoms with Crippen LogP contribution in [0.2, 0.25) is 0 Å². The number of anilines is 1. The lowest BCUT2D eigenvalue weighted by atomic mass is 10.2. The normalized spacial score (nSPS) is 26.2. The van der Waals surface area contributed by atoms with Crippen molar-refractivity contribution in [2.75, 3.05) is 5.73 Å². The van der Waals surface area contributed by atoms with E-state index in [1.54, 1.807) is 0 Å². The number of aromatic nitrogens is 4. The number of carbonyl (C=O) groups is 1. The molecule has 0 aliphatic carbocycles. The quantitative estimate of drug-likeness (QED) is 0.760. The van der Waals surface area contributed by atoms with Crippen molar-refractivity contribution >= 4 is 23.0 Å². The van der Waals surface area contributed by atoms with E-state index in [1.165, 1.54) is 0 Å². The number of alkyl halides is 1. The summed E-state index contributed by atoms with van der Waals surface area (Å²) < 4.78 is 33.3. The molecule has 0 amide bonds. The minimum atomic E-state index is -1.58. The highest BCUT2D eigenvalue weighted by atomic mass is 19.1. The first-order chi connectivity index (χ1) is 9.47. The SMILES string of the molecule is Nc1nc(F)nc2c1ncn2[C@@H]1O[C@H](C(=O)O)C[C@@H]1F. The van der Waals surface area contributed by atoms with Crippen LogP contribution in [0.3, 0.4) is 0 Å². The number of nitrogens with two attached hydrogens (primary N) is 1. The van der Waals surface area contributed by atoms with Gasteiger partial charge in [-0.3, -0.25) is 4.57 Å². The molecule has 3 rings (SSSR count). The van der Waals surface area contributed by atoms with Gasteiger partial charge in [0, 0.05) is 6.42 Å². The number of fused-ring (bicyclic) bond motifs is 1. The van der Waals surface area contributed by atoms with Crippen LogP contribution in [0, 0.1) is 6.08 Å². The Labute approximate surface area is 110 Å². The summed E-state index contributed by atoms with van der Waals surface area (Å²) in [5, 5.41) is 8.83. The van der Waals surface area contributed by atoms with Gasteiger partial charge in [-0.1, -0.05) is 0 Å². The van der Waals surface area contributed by atoms with Crippen molar-refractivity contribution in [2.24, 2.45) is 0 Å². The minimum Gasteiger partial charge on any atom is -0.479 e. The molecule has 3 N–H and O–H groups in total. The number of rotatable bonds is 2. The third-order valence-corrected chi connectivity index (χ3v) is 3.02. The molecule has 1 fully saturated rings. The molecule has 3 heterocycles. The molecule has 2 aromatic rings. The fraction of sp³-hybridized carbons (Fsp3) is 0.400. The van der Waals surface area contributed by atoms with E-state index in [0.717, 1.165) is 10.9 Å². The van der Waals surface area contributed by atoms with Crippen LogP contribution < -0.4 is 5.73 Å². The summed E-state index contributed by atoms with van der Waals surface area (Å²) in [6.07, 6.45) is -4.31. The number of carboxylic acid groups (broad SMARTS) is 1. The molecule has 20 heavy (non-hydrogen) atoms. The molecule has 0 radical (unpaired) electrons. The Balaban J connectivity index is 2.05. The lowest BCUT2D eigenvalue weighted by molar-refractivity contribution is -0.151. The van der Waals surface area contributed by atoms with E-state index >= 15 is 0 Å². The van der Waals surface area contributed by atoms with Crippen LogP contribution in [0.1, 0.15) is 12.6 Å². The van der Waals surface area contributed by atoms with Crippen LogP contribution in [0.25, 0.3) is 11.2 Å². The predicted octanol–water partition coefficient (Wildman–Crippen LogP) is 0.258. The highest BCUT2D eigenvalue weighted by molar-refractivity contribution is 5.81. The molecule has 3 atom stereocenters. The van der Waals surface area contributed by atoms with Crippen molar-refractivity contribution < 1.29 is 23.4 Å². The molecule has 2 aromatic heterocycles. The maximum absolute atomic E-state index is 13.9. The number of hydrogen-bond acceptors (Lipinski definition) is 6. The molecule has 0 saturated carbocycles. The van der Waals surface area contributed by atoms with Crippen molar-refractivity contribution in [3.63, 3.8) is 0 Å². The van der Waals surface area contributed by atoms with Crippen molar-refractivity contribution in [1.82, 2.24) is 19.5 Å². The molecule has 0 spiro atoms. The van der Waals surface area contributed by atoms with E-state index < -0.39 is 30.6 Å². The number of nitrogens with zero attached hydrogens (tertiary/aromatic N) is 4. The Morgan fingerprint density at radius 3 is 2.95 bits per heavy atom. The predicted molar refractivity (Wildman–Crippen MR) is 60.8 cm³/mol. The molecule has 0 aromatic carbocycles. The summed E-state index contributed by atoms with van der Waals surface area (Å²) in [5.74, 6) is -1.45. The Morgan fingerprint density at radius 2 is 2.30 bits per heavy atom. The van der Waals surface area contributed by atoms with Gasteiger partial charge in [-0.15, -0.1) is 0 Å². The van der Waals surface area contributed by atoms with Crippen LogP contribution in [0.4, 0.5) is 14.6 Å². The molecule has 1 aliphatic heterocycles. The van der Waals surface area contributed by atoms with E-state index in [1.807, 2.05) is 0 Å². The maximum atomic E-state index is 13.9. The molecule has 10 heteroatoms. The van der Waals surface area contributed by atoms with Crippen LogP contribution in [0.5, 0.6) is 0 Å². The molecule has 0 unspecified atom stereocenters. The van der Waals surface area contributed by atoms with Crippen molar-refractivity contribution in [1.29, 1.82) is 0 Å². The Bertz CT molecular complexity index is 691. The third-order valence-electron chi connectivity index (χ3n) is 3.02. The van der Waals surface area contributed by atoms with Crippen molar-refractivity contribution in [3.05, 3.63) is 12.4 Å². The molecular weight excluding hydrogens is 276 g/mol. The molecule has 1 saturated heterocycles. The lowest BCUT2D eigenvalue weighted by Crippen LogP contribution is -2.20. The van der Waals surface area contributed by atoms with Crippen molar-refractivity contribution in [3.8, 4) is 0 Å². The average molecular weight is 285 g/mol. The summed E-state index contributed by atoms with van der Waals surface area (Å²) in [5.41, 5.74) is 5.53. The molecular formula is C10H9F2N5O3. The average Bonchev–Trinajstić information content (AvgIpc) is 2.92. The van der Waals surface area contributed by atoms with E-state index in [-0.39, 0.29) is 23.4 Å². The Kier molecular flexibility index (Phi) is 2.74. The second-order valence-electron chi connectivity index (χ2n) is 4.31. The second-order valence-corrected chi connectivity index (χ2v) is 4.31. The first-order valence-electron chi connectivity index (χ1n) is 5.65. The van der Waals surface area contributed by atoms with Crippen LogP contribution in [-0.4, -0.2) is 42.9 Å². The number of ether oxygens (including phenoxy) is 1. The highest BCUT2D eigenvalue weighted by Gasteiger charge is 2.41. The minimum absolute atomic E-state index is 0.0475. The summed E-state index contributed by atoms with van der Waals surface area (Å²) in [7, 11) is 0. The van der Waals surface area contributed by atoms with E-state index in [9.17, 15) is 13.6 Å². The molecule has 1 aliphatic rings. The molecule has 0 bridgehead atoms. The van der Waals surface area contributed by atoms with Gasteiger partial charge in [-0.05, 0) is 0 Å². The van der Waals surface area contributed by atoms with E-state index in [2.05, 4.69) is 15.0 Å². The number of imidazole rings is 1. The van der Waals surface area contributed by atoms with Gasteiger partial charge < -0.3 is 15.6 Å². The number of aliphatic carboxylic acids is 1. The monoisotopic (exact) mass is 285 g/mol. The van der Waals surface area contributed by atoms with Gasteiger partial charge in [0.25, 0.3) is 0 Å². The van der Waals surface area contributed by atoms with Gasteiger partial charge >= 0.3 is 12.0 Å². The fourth-order valence-corrected chi connectivity index (χ4v) is 2.13. The van der Waals surface area contributed by atoms with Gasteiger partial charge in [0.2, 0.25) is 0 Å². The van der Waals surface area contributed by atoms with Gasteiger partial charge in [0.1, 0.15) is 6.17 Å². The van der Waals surface area contributed by atoms with Crippen molar-refractivity contribution in [2.45, 2.75) is 24.9 Å². The van der Waals surface area contributed by atoms with Crippen LogP contribution in [0.15, 0.2) is 6.33 Å². The number of carboxylic acids is 1. The first-order valence-corrected chi connectivity index (χ1v) is 5.65. The zero-order chi connectivity index (χ0) is 14.4. The topological polar surface area (TPSA) is 116 Å². The fourth-order valence-electron chi connectivity index (χ4n) is 2.13. The van der Waals surface area contributed by atoms with Gasteiger partial charge in [0.05, 0.1) is 6.33 Å². The highest BCUT2D eigenvalue weighted by Crippen LogP contribution is 2.33. The summed E-state index contributed by atoms with van der Waals surface area (Å²) in [4.78, 5) is 21.5. The third kappa shape index (κ3) is 1.84. The summed E-state index contributed by atoms with van der Waals surface area (Å²) in [6.45, 7) is 0. The maximum Gasteiger partial charge on any atom is 0.333 e. The second kappa shape index (κ2) is 4.34. The van der Waals surface area contributed by atoms with Crippen LogP contribution >= 0.6 is 0 Å². The summed E-state index contributed by atoms with van der Waals surface area (Å²) >= 11 is 0. The largest absolute Gasteiger partial charge is 0.479 e. The smallest absolute Gasteiger partial charge is 0.333 e. The Morgan fingerprint density at radius 1 is 1.55 bits per heavy atom. The zero-order valence-corrected chi connectivity index (χ0v) is 9.90. The van der Waals surface area contributed by atoms with Crippen LogP contribution in [-0.2, 0) is 9.53 Å². The standard InChI is InChI=1S/C10H9F2N5O3/c11-3-1-4(9(18)19)20-8(3)17-2-14-5-6(13)15-10(12)16-7(5)17/h2-4,8H,1H2,(H,18,19)(H2,13,15,16)/t3-,4-,8+/m0/s1. The van der Waals surface area contributed by atoms with E-state index in [4.69, 9.17) is 15.6 Å². The Hall–Kier alpha value is -2.36. The molecule has 106 valence electrons. The zero-order valence-electron chi connectivity index (χ0n) is 9.90. The van der Waals surface area contributed by atoms with Gasteiger partial charge in [0.15, 0.2) is 29.3 Å². The van der Waals surface area contributed by atoms with Gasteiger partial charge in [-0.25, -0.2) is 14.2 Å². The lowest BCUT2D eigenvalue weighted by Gasteiger charge is -2.14. The number of hydrogen-bond donors (Lipinski definition) is 2.